The Morgan fingerprint density at radius 2 is 2.03 bits per heavy atom. The van der Waals surface area contributed by atoms with Crippen molar-refractivity contribution in [2.45, 2.75) is 0 Å². The van der Waals surface area contributed by atoms with Crippen molar-refractivity contribution in [3.05, 3.63) is 67.1 Å². The average molecular weight is 518 g/mol. The quantitative estimate of drug-likeness (QED) is 0.318. The van der Waals surface area contributed by atoms with Crippen LogP contribution in [0.4, 0.5) is 27.4 Å². The van der Waals surface area contributed by atoms with E-state index in [-0.39, 0.29) is 17.7 Å². The number of rotatable bonds is 9. The Kier molecular flexibility index (Phi) is 7.57. The zero-order valence-electron chi connectivity index (χ0n) is 21.0. The molecule has 0 atom stereocenters. The van der Waals surface area contributed by atoms with Crippen LogP contribution < -0.4 is 15.5 Å². The first-order valence-corrected chi connectivity index (χ1v) is 12.2. The van der Waals surface area contributed by atoms with Crippen molar-refractivity contribution in [3.8, 4) is 11.3 Å². The van der Waals surface area contributed by atoms with Gasteiger partial charge in [0.15, 0.2) is 11.3 Å². The summed E-state index contributed by atoms with van der Waals surface area (Å²) in [7, 11) is 1.70. The molecule has 4 aromatic rings. The summed E-state index contributed by atoms with van der Waals surface area (Å²) in [5, 5.41) is 9.83. The van der Waals surface area contributed by atoms with Gasteiger partial charge in [-0.15, -0.1) is 0 Å². The summed E-state index contributed by atoms with van der Waals surface area (Å²) in [5.74, 6) is 0.0646. The topological polar surface area (TPSA) is 109 Å². The summed E-state index contributed by atoms with van der Waals surface area (Å²) in [5.41, 5.74) is 3.31. The number of anilines is 4. The lowest BCUT2D eigenvalue weighted by atomic mass is 10.1. The number of aromatic nitrogens is 3. The molecule has 1 amide bonds. The molecule has 5 rings (SSSR count). The molecule has 1 aliphatic rings. The predicted octanol–water partition coefficient (Wildman–Crippen LogP) is 4.06. The summed E-state index contributed by atoms with van der Waals surface area (Å²) in [6.07, 6.45) is 2.73. The van der Waals surface area contributed by atoms with Crippen molar-refractivity contribution in [2.24, 2.45) is 0 Å². The molecule has 2 aromatic carbocycles. The van der Waals surface area contributed by atoms with Gasteiger partial charge in [0.05, 0.1) is 18.5 Å². The van der Waals surface area contributed by atoms with Crippen molar-refractivity contribution >= 4 is 40.0 Å². The maximum Gasteiger partial charge on any atom is 0.247 e. The smallest absolute Gasteiger partial charge is 0.247 e. The third kappa shape index (κ3) is 5.63. The van der Waals surface area contributed by atoms with Crippen LogP contribution >= 0.6 is 0 Å². The second kappa shape index (κ2) is 11.4. The molecular formula is C27H28FN7O3. The van der Waals surface area contributed by atoms with Crippen LogP contribution in [0, 0.1) is 5.82 Å². The third-order valence-electron chi connectivity index (χ3n) is 6.33. The SMILES string of the molecule is C=CC(=O)Nc1cccc(-c2onc3cnc(Nc4ccc(N5CCN(CCOC)CC5)c(F)c4)nc23)c1. The van der Waals surface area contributed by atoms with Gasteiger partial charge in [-0.1, -0.05) is 23.9 Å². The molecule has 0 bridgehead atoms. The zero-order valence-corrected chi connectivity index (χ0v) is 21.0. The molecule has 0 saturated carbocycles. The average Bonchev–Trinajstić information content (AvgIpc) is 3.36. The van der Waals surface area contributed by atoms with E-state index >= 15 is 4.39 Å². The van der Waals surface area contributed by atoms with Crippen molar-refractivity contribution in [1.29, 1.82) is 0 Å². The van der Waals surface area contributed by atoms with Crippen LogP contribution in [-0.2, 0) is 9.53 Å². The van der Waals surface area contributed by atoms with E-state index in [0.29, 0.717) is 46.0 Å². The van der Waals surface area contributed by atoms with Gasteiger partial charge in [0.1, 0.15) is 11.3 Å². The second-order valence-corrected chi connectivity index (χ2v) is 8.83. The fourth-order valence-corrected chi connectivity index (χ4v) is 4.33. The molecule has 196 valence electrons. The number of benzene rings is 2. The van der Waals surface area contributed by atoms with Crippen molar-refractivity contribution in [2.75, 3.05) is 62.0 Å². The Labute approximate surface area is 219 Å². The molecule has 0 radical (unpaired) electrons. The highest BCUT2D eigenvalue weighted by molar-refractivity contribution is 5.99. The summed E-state index contributed by atoms with van der Waals surface area (Å²) in [6.45, 7) is 8.27. The first-order valence-electron chi connectivity index (χ1n) is 12.2. The highest BCUT2D eigenvalue weighted by atomic mass is 19.1. The highest BCUT2D eigenvalue weighted by Crippen LogP contribution is 2.30. The molecule has 1 fully saturated rings. The first-order chi connectivity index (χ1) is 18.5. The number of hydrogen-bond donors (Lipinski definition) is 2. The zero-order chi connectivity index (χ0) is 26.5. The number of nitrogens with one attached hydrogen (secondary N) is 2. The normalized spacial score (nSPS) is 14.0. The summed E-state index contributed by atoms with van der Waals surface area (Å²) in [6, 6.07) is 12.1. The van der Waals surface area contributed by atoms with Crippen LogP contribution in [0.2, 0.25) is 0 Å². The Hall–Kier alpha value is -4.35. The number of fused-ring (bicyclic) bond motifs is 1. The fourth-order valence-electron chi connectivity index (χ4n) is 4.33. The van der Waals surface area contributed by atoms with E-state index in [1.54, 1.807) is 31.4 Å². The molecule has 3 heterocycles. The molecular weight excluding hydrogens is 489 g/mol. The van der Waals surface area contributed by atoms with Crippen LogP contribution in [0.1, 0.15) is 0 Å². The van der Waals surface area contributed by atoms with Gasteiger partial charge in [-0.25, -0.2) is 14.4 Å². The van der Waals surface area contributed by atoms with E-state index in [1.165, 1.54) is 18.3 Å². The summed E-state index contributed by atoms with van der Waals surface area (Å²) in [4.78, 5) is 24.9. The Bertz CT molecular complexity index is 1450. The van der Waals surface area contributed by atoms with Crippen LogP contribution in [0.3, 0.4) is 0 Å². The van der Waals surface area contributed by atoms with Crippen LogP contribution in [0.15, 0.2) is 65.8 Å². The van der Waals surface area contributed by atoms with Gasteiger partial charge in [0, 0.05) is 56.8 Å². The van der Waals surface area contributed by atoms with Crippen LogP contribution in [-0.4, -0.2) is 72.4 Å². The maximum atomic E-state index is 15.1. The van der Waals surface area contributed by atoms with E-state index < -0.39 is 0 Å². The number of amides is 1. The standard InChI is InChI=1S/C27H28FN7O3/c1-3-24(36)30-19-6-4-5-18(15-19)26-25-22(33-38-26)17-29-27(32-25)31-20-7-8-23(21(28)16-20)35-11-9-34(10-12-35)13-14-37-2/h3-8,15-17H,1,9-14H2,2H3,(H,30,36)(H,31,32). The lowest BCUT2D eigenvalue weighted by molar-refractivity contribution is -0.111. The van der Waals surface area contributed by atoms with E-state index in [4.69, 9.17) is 9.26 Å². The van der Waals surface area contributed by atoms with Gasteiger partial charge in [-0.05, 0) is 36.4 Å². The van der Waals surface area contributed by atoms with Gasteiger partial charge >= 0.3 is 0 Å². The van der Waals surface area contributed by atoms with Crippen molar-refractivity contribution < 1.29 is 18.4 Å². The molecule has 38 heavy (non-hydrogen) atoms. The maximum absolute atomic E-state index is 15.1. The molecule has 0 aliphatic carbocycles. The number of carbonyl (C=O) groups is 1. The number of piperazine rings is 1. The van der Waals surface area contributed by atoms with E-state index in [1.807, 2.05) is 12.1 Å². The van der Waals surface area contributed by atoms with Gasteiger partial charge in [0.25, 0.3) is 0 Å². The van der Waals surface area contributed by atoms with Gasteiger partial charge in [-0.3, -0.25) is 9.69 Å². The molecule has 1 aliphatic heterocycles. The third-order valence-corrected chi connectivity index (χ3v) is 6.33. The number of methoxy groups -OCH3 is 1. The molecule has 0 unspecified atom stereocenters. The van der Waals surface area contributed by atoms with Gasteiger partial charge in [0.2, 0.25) is 11.9 Å². The minimum atomic E-state index is -0.319. The number of hydrogen-bond acceptors (Lipinski definition) is 9. The molecule has 10 nitrogen and oxygen atoms in total. The van der Waals surface area contributed by atoms with Crippen molar-refractivity contribution in [1.82, 2.24) is 20.0 Å². The van der Waals surface area contributed by atoms with E-state index in [2.05, 4.69) is 42.1 Å². The van der Waals surface area contributed by atoms with Crippen LogP contribution in [0.5, 0.6) is 0 Å². The minimum absolute atomic E-state index is 0.275. The fraction of sp³-hybridized carbons (Fsp3) is 0.259. The van der Waals surface area contributed by atoms with Crippen molar-refractivity contribution in [3.63, 3.8) is 0 Å². The largest absolute Gasteiger partial charge is 0.383 e. The number of ether oxygens (including phenoxy) is 1. The molecule has 0 spiro atoms. The molecule has 2 aromatic heterocycles. The molecule has 11 heteroatoms. The number of nitrogens with zero attached hydrogens (tertiary/aromatic N) is 5. The molecule has 1 saturated heterocycles. The summed E-state index contributed by atoms with van der Waals surface area (Å²) >= 11 is 0. The number of carbonyl (C=O) groups excluding carboxylic acids is 1. The second-order valence-electron chi connectivity index (χ2n) is 8.83. The lowest BCUT2D eigenvalue weighted by Crippen LogP contribution is -2.47. The minimum Gasteiger partial charge on any atom is -0.383 e. The summed E-state index contributed by atoms with van der Waals surface area (Å²) < 4.78 is 25.7. The van der Waals surface area contributed by atoms with Gasteiger partial charge in [-0.2, -0.15) is 0 Å². The van der Waals surface area contributed by atoms with E-state index in [9.17, 15) is 4.79 Å². The Morgan fingerprint density at radius 1 is 1.18 bits per heavy atom. The number of halogens is 1. The monoisotopic (exact) mass is 517 g/mol. The van der Waals surface area contributed by atoms with E-state index in [0.717, 1.165) is 32.7 Å². The first kappa shape index (κ1) is 25.3. The molecule has 2 N–H and O–H groups in total. The highest BCUT2D eigenvalue weighted by Gasteiger charge is 2.20. The lowest BCUT2D eigenvalue weighted by Gasteiger charge is -2.36. The van der Waals surface area contributed by atoms with Crippen LogP contribution in [0.25, 0.3) is 22.4 Å². The van der Waals surface area contributed by atoms with Gasteiger partial charge < -0.3 is 24.8 Å². The predicted molar refractivity (Wildman–Crippen MR) is 144 cm³/mol. The Balaban J connectivity index is 1.31. The Morgan fingerprint density at radius 3 is 2.79 bits per heavy atom.